The summed E-state index contributed by atoms with van der Waals surface area (Å²) in [6, 6.07) is 36.1. The number of thiophene rings is 1. The van der Waals surface area contributed by atoms with Crippen LogP contribution in [0.3, 0.4) is 0 Å². The van der Waals surface area contributed by atoms with E-state index >= 15 is 0 Å². The molecule has 0 spiro atoms. The van der Waals surface area contributed by atoms with Crippen LogP contribution in [0.25, 0.3) is 44.0 Å². The quantitative estimate of drug-likeness (QED) is 0.305. The van der Waals surface area contributed by atoms with E-state index in [1.165, 1.54) is 38.3 Å². The first kappa shape index (κ1) is 17.6. The van der Waals surface area contributed by atoms with Gasteiger partial charge in [-0.25, -0.2) is 0 Å². The molecule has 0 amide bonds. The molecule has 0 aliphatic carbocycles. The molecule has 0 saturated heterocycles. The van der Waals surface area contributed by atoms with E-state index in [0.717, 1.165) is 5.69 Å². The highest BCUT2D eigenvalue weighted by molar-refractivity contribution is 7.13. The average molecular weight is 390 g/mol. The Labute approximate surface area is 175 Å². The number of benzene rings is 3. The van der Waals surface area contributed by atoms with Crippen LogP contribution in [0.1, 0.15) is 0 Å². The average Bonchev–Trinajstić information content (AvgIpc) is 3.35. The Morgan fingerprint density at radius 2 is 1.21 bits per heavy atom. The van der Waals surface area contributed by atoms with Gasteiger partial charge in [-0.3, -0.25) is 4.98 Å². The normalized spacial score (nSPS) is 10.8. The molecule has 2 heteroatoms. The number of nitrogens with zero attached hydrogens (tertiary/aromatic N) is 1. The standard InChI is InChI=1S/C27H19NS/c1-3-10-20(11-4-1)22-16-17-23(25-15-9-19-29-25)26(21-12-5-2-6-13-21)27(22)24-14-7-8-18-28-24/h1-19H. The van der Waals surface area contributed by atoms with Crippen LogP contribution in [0, 0.1) is 0 Å². The van der Waals surface area contributed by atoms with Crippen molar-refractivity contribution in [3.63, 3.8) is 0 Å². The first-order valence-electron chi connectivity index (χ1n) is 9.65. The number of hydrogen-bond acceptors (Lipinski definition) is 2. The molecule has 1 nitrogen and oxygen atoms in total. The van der Waals surface area contributed by atoms with E-state index in [-0.39, 0.29) is 0 Å². The summed E-state index contributed by atoms with van der Waals surface area (Å²) in [7, 11) is 0. The van der Waals surface area contributed by atoms with E-state index in [9.17, 15) is 0 Å². The fourth-order valence-corrected chi connectivity index (χ4v) is 4.54. The van der Waals surface area contributed by atoms with Crippen LogP contribution < -0.4 is 0 Å². The maximum atomic E-state index is 4.75. The zero-order chi connectivity index (χ0) is 19.5. The molecule has 29 heavy (non-hydrogen) atoms. The molecule has 2 aromatic heterocycles. The maximum absolute atomic E-state index is 4.75. The predicted octanol–water partition coefficient (Wildman–Crippen LogP) is 7.81. The van der Waals surface area contributed by atoms with Gasteiger partial charge in [0, 0.05) is 27.8 Å². The van der Waals surface area contributed by atoms with Crippen LogP contribution in [0.2, 0.25) is 0 Å². The van der Waals surface area contributed by atoms with Crippen molar-refractivity contribution in [2.75, 3.05) is 0 Å². The van der Waals surface area contributed by atoms with Gasteiger partial charge < -0.3 is 0 Å². The van der Waals surface area contributed by atoms with Gasteiger partial charge in [0.25, 0.3) is 0 Å². The molecule has 0 saturated carbocycles. The number of hydrogen-bond donors (Lipinski definition) is 0. The predicted molar refractivity (Wildman–Crippen MR) is 124 cm³/mol. The van der Waals surface area contributed by atoms with Gasteiger partial charge >= 0.3 is 0 Å². The minimum atomic E-state index is 0.989. The molecule has 0 aliphatic rings. The molecular weight excluding hydrogens is 370 g/mol. The minimum absolute atomic E-state index is 0.989. The molecule has 0 fully saturated rings. The lowest BCUT2D eigenvalue weighted by atomic mass is 9.86. The summed E-state index contributed by atoms with van der Waals surface area (Å²) in [6.45, 7) is 0. The third-order valence-electron chi connectivity index (χ3n) is 5.06. The molecule has 0 bridgehead atoms. The summed E-state index contributed by atoms with van der Waals surface area (Å²) >= 11 is 1.77. The van der Waals surface area contributed by atoms with Gasteiger partial charge in [0.05, 0.1) is 5.69 Å². The number of aromatic nitrogens is 1. The lowest BCUT2D eigenvalue weighted by Crippen LogP contribution is -1.95. The van der Waals surface area contributed by atoms with Gasteiger partial charge in [-0.2, -0.15) is 0 Å². The molecule has 0 aliphatic heterocycles. The highest BCUT2D eigenvalue weighted by Crippen LogP contribution is 2.45. The molecule has 0 N–H and O–H groups in total. The Morgan fingerprint density at radius 3 is 1.86 bits per heavy atom. The Hall–Kier alpha value is -3.49. The van der Waals surface area contributed by atoms with Crippen LogP contribution in [-0.2, 0) is 0 Å². The first-order valence-corrected chi connectivity index (χ1v) is 10.5. The Bertz CT molecular complexity index is 1210. The van der Waals surface area contributed by atoms with Crippen molar-refractivity contribution in [2.45, 2.75) is 0 Å². The summed E-state index contributed by atoms with van der Waals surface area (Å²) in [5.41, 5.74) is 8.23. The summed E-state index contributed by atoms with van der Waals surface area (Å²) in [6.07, 6.45) is 1.87. The molecule has 5 rings (SSSR count). The van der Waals surface area contributed by atoms with Crippen LogP contribution in [0.15, 0.2) is 115 Å². The van der Waals surface area contributed by atoms with Crippen LogP contribution in [-0.4, -0.2) is 4.98 Å². The molecule has 3 aromatic carbocycles. The second-order valence-corrected chi connectivity index (χ2v) is 7.78. The van der Waals surface area contributed by atoms with Crippen molar-refractivity contribution in [3.8, 4) is 44.0 Å². The third kappa shape index (κ3) is 3.39. The number of rotatable bonds is 4. The molecule has 5 aromatic rings. The van der Waals surface area contributed by atoms with Crippen molar-refractivity contribution in [1.29, 1.82) is 0 Å². The van der Waals surface area contributed by atoms with Crippen LogP contribution in [0.5, 0.6) is 0 Å². The van der Waals surface area contributed by atoms with E-state index in [1.54, 1.807) is 11.3 Å². The van der Waals surface area contributed by atoms with Crippen molar-refractivity contribution in [3.05, 3.63) is 115 Å². The summed E-state index contributed by atoms with van der Waals surface area (Å²) in [5.74, 6) is 0. The topological polar surface area (TPSA) is 12.9 Å². The van der Waals surface area contributed by atoms with Gasteiger partial charge in [-0.15, -0.1) is 11.3 Å². The second kappa shape index (κ2) is 7.86. The summed E-state index contributed by atoms with van der Waals surface area (Å²) in [5, 5.41) is 2.13. The molecule has 138 valence electrons. The Morgan fingerprint density at radius 1 is 0.517 bits per heavy atom. The van der Waals surface area contributed by atoms with Crippen LogP contribution >= 0.6 is 11.3 Å². The molecular formula is C27H19NS. The molecule has 0 unspecified atom stereocenters. The molecule has 0 radical (unpaired) electrons. The summed E-state index contributed by atoms with van der Waals surface area (Å²) < 4.78 is 0. The van der Waals surface area contributed by atoms with Crippen molar-refractivity contribution < 1.29 is 0 Å². The SMILES string of the molecule is c1ccc(-c2ccc(-c3cccs3)c(-c3ccccc3)c2-c2ccccn2)cc1. The first-order chi connectivity index (χ1) is 14.4. The Kier molecular flexibility index (Phi) is 4.77. The zero-order valence-corrected chi connectivity index (χ0v) is 16.6. The highest BCUT2D eigenvalue weighted by atomic mass is 32.1. The maximum Gasteiger partial charge on any atom is 0.0714 e. The number of pyridine rings is 1. The fraction of sp³-hybridized carbons (Fsp3) is 0. The highest BCUT2D eigenvalue weighted by Gasteiger charge is 2.19. The van der Waals surface area contributed by atoms with Gasteiger partial charge in [-0.1, -0.05) is 84.9 Å². The largest absolute Gasteiger partial charge is 0.256 e. The fourth-order valence-electron chi connectivity index (χ4n) is 3.78. The minimum Gasteiger partial charge on any atom is -0.256 e. The van der Waals surface area contributed by atoms with Gasteiger partial charge in [-0.05, 0) is 40.3 Å². The summed E-state index contributed by atoms with van der Waals surface area (Å²) in [4.78, 5) is 6.01. The molecule has 0 atom stereocenters. The van der Waals surface area contributed by atoms with E-state index in [2.05, 4.69) is 102 Å². The van der Waals surface area contributed by atoms with Crippen LogP contribution in [0.4, 0.5) is 0 Å². The smallest absolute Gasteiger partial charge is 0.0714 e. The van der Waals surface area contributed by atoms with E-state index in [4.69, 9.17) is 4.98 Å². The van der Waals surface area contributed by atoms with Crippen molar-refractivity contribution in [1.82, 2.24) is 4.98 Å². The molecule has 2 heterocycles. The van der Waals surface area contributed by atoms with E-state index < -0.39 is 0 Å². The lowest BCUT2D eigenvalue weighted by Gasteiger charge is -2.19. The van der Waals surface area contributed by atoms with E-state index in [1.807, 2.05) is 12.3 Å². The second-order valence-electron chi connectivity index (χ2n) is 6.84. The van der Waals surface area contributed by atoms with Crippen molar-refractivity contribution in [2.24, 2.45) is 0 Å². The lowest BCUT2D eigenvalue weighted by molar-refractivity contribution is 1.33. The third-order valence-corrected chi connectivity index (χ3v) is 5.96. The zero-order valence-electron chi connectivity index (χ0n) is 15.8. The monoisotopic (exact) mass is 389 g/mol. The Balaban J connectivity index is 1.91. The van der Waals surface area contributed by atoms with Gasteiger partial charge in [0.2, 0.25) is 0 Å². The van der Waals surface area contributed by atoms with Gasteiger partial charge in [0.1, 0.15) is 0 Å². The van der Waals surface area contributed by atoms with Crippen molar-refractivity contribution >= 4 is 11.3 Å². The van der Waals surface area contributed by atoms with Gasteiger partial charge in [0.15, 0.2) is 0 Å². The van der Waals surface area contributed by atoms with E-state index in [0.29, 0.717) is 0 Å².